The summed E-state index contributed by atoms with van der Waals surface area (Å²) in [6, 6.07) is 6.50. The smallest absolute Gasteiger partial charge is 0.244 e. The van der Waals surface area contributed by atoms with E-state index in [-0.39, 0.29) is 23.3 Å². The first-order chi connectivity index (χ1) is 9.00. The van der Waals surface area contributed by atoms with Crippen LogP contribution < -0.4 is 0 Å². The van der Waals surface area contributed by atoms with Crippen molar-refractivity contribution in [2.24, 2.45) is 0 Å². The maximum atomic E-state index is 12.6. The van der Waals surface area contributed by atoms with Crippen LogP contribution in [0.4, 0.5) is 0 Å². The second kappa shape index (κ2) is 4.28. The summed E-state index contributed by atoms with van der Waals surface area (Å²) in [4.78, 5) is 12.1. The van der Waals surface area contributed by atoms with Gasteiger partial charge in [0.05, 0.1) is 17.5 Å². The minimum absolute atomic E-state index is 0.0211. The summed E-state index contributed by atoms with van der Waals surface area (Å²) < 4.78 is 26.5. The molecule has 4 nitrogen and oxygen atoms in total. The van der Waals surface area contributed by atoms with E-state index in [9.17, 15) is 13.2 Å². The molecule has 0 bridgehead atoms. The molecule has 1 aromatic rings. The first kappa shape index (κ1) is 12.6. The standard InChI is InChI=1S/C14H15NO3S/c1-10-5-7-11(8-6-10)19(17,18)15-9-14(16)12-3-2-4-13(12)15/h3,5-8,13H,2,4,9H2,1H3. The lowest BCUT2D eigenvalue weighted by atomic mass is 10.1. The Morgan fingerprint density at radius 1 is 1.21 bits per heavy atom. The van der Waals surface area contributed by atoms with E-state index < -0.39 is 10.0 Å². The van der Waals surface area contributed by atoms with Gasteiger partial charge in [-0.2, -0.15) is 4.31 Å². The highest BCUT2D eigenvalue weighted by Crippen LogP contribution is 2.34. The number of carbonyl (C=O) groups excluding carboxylic acids is 1. The van der Waals surface area contributed by atoms with E-state index >= 15 is 0 Å². The van der Waals surface area contributed by atoms with Gasteiger partial charge in [-0.05, 0) is 31.9 Å². The molecule has 19 heavy (non-hydrogen) atoms. The highest BCUT2D eigenvalue weighted by molar-refractivity contribution is 7.89. The van der Waals surface area contributed by atoms with Crippen molar-refractivity contribution < 1.29 is 13.2 Å². The molecule has 5 heteroatoms. The Bertz CT molecular complexity index is 658. The highest BCUT2D eigenvalue weighted by atomic mass is 32.2. The van der Waals surface area contributed by atoms with Gasteiger partial charge in [0.25, 0.3) is 0 Å². The maximum absolute atomic E-state index is 12.6. The van der Waals surface area contributed by atoms with Crippen molar-refractivity contribution in [3.63, 3.8) is 0 Å². The van der Waals surface area contributed by atoms with Gasteiger partial charge in [0, 0.05) is 5.57 Å². The predicted octanol–water partition coefficient (Wildman–Crippen LogP) is 1.66. The molecule has 1 aliphatic heterocycles. The fourth-order valence-corrected chi connectivity index (χ4v) is 4.32. The molecule has 0 N–H and O–H groups in total. The average molecular weight is 277 g/mol. The monoisotopic (exact) mass is 277 g/mol. The Kier molecular flexibility index (Phi) is 2.83. The van der Waals surface area contributed by atoms with Gasteiger partial charge in [-0.1, -0.05) is 23.8 Å². The number of benzene rings is 1. The molecule has 100 valence electrons. The van der Waals surface area contributed by atoms with Crippen LogP contribution in [0.2, 0.25) is 0 Å². The number of hydrogen-bond donors (Lipinski definition) is 0. The fraction of sp³-hybridized carbons (Fsp3) is 0.357. The second-order valence-electron chi connectivity index (χ2n) is 5.04. The van der Waals surface area contributed by atoms with Gasteiger partial charge in [-0.15, -0.1) is 0 Å². The lowest BCUT2D eigenvalue weighted by Crippen LogP contribution is -2.35. The van der Waals surface area contributed by atoms with Crippen molar-refractivity contribution >= 4 is 15.8 Å². The molecule has 1 aromatic carbocycles. The van der Waals surface area contributed by atoms with Gasteiger partial charge in [0.1, 0.15) is 0 Å². The van der Waals surface area contributed by atoms with Gasteiger partial charge in [0.15, 0.2) is 5.78 Å². The van der Waals surface area contributed by atoms with Crippen LogP contribution in [0.1, 0.15) is 18.4 Å². The third-order valence-electron chi connectivity index (χ3n) is 3.76. The molecular weight excluding hydrogens is 262 g/mol. The highest BCUT2D eigenvalue weighted by Gasteiger charge is 2.44. The zero-order valence-electron chi connectivity index (χ0n) is 10.7. The minimum atomic E-state index is -3.57. The Morgan fingerprint density at radius 2 is 1.89 bits per heavy atom. The average Bonchev–Trinajstić information content (AvgIpc) is 2.94. The summed E-state index contributed by atoms with van der Waals surface area (Å²) in [5.74, 6) is -0.0572. The van der Waals surface area contributed by atoms with Crippen molar-refractivity contribution in [2.45, 2.75) is 30.7 Å². The van der Waals surface area contributed by atoms with Crippen molar-refractivity contribution in [1.82, 2.24) is 4.31 Å². The lowest BCUT2D eigenvalue weighted by molar-refractivity contribution is -0.114. The summed E-state index contributed by atoms with van der Waals surface area (Å²) in [6.45, 7) is 1.89. The molecule has 1 atom stereocenters. The van der Waals surface area contributed by atoms with Gasteiger partial charge < -0.3 is 0 Å². The number of aryl methyl sites for hydroxylation is 1. The van der Waals surface area contributed by atoms with E-state index in [2.05, 4.69) is 0 Å². The van der Waals surface area contributed by atoms with Crippen molar-refractivity contribution in [1.29, 1.82) is 0 Å². The fourth-order valence-electron chi connectivity index (χ4n) is 2.73. The molecule has 0 saturated carbocycles. The number of hydrogen-bond acceptors (Lipinski definition) is 3. The van der Waals surface area contributed by atoms with Crippen molar-refractivity contribution in [2.75, 3.05) is 6.54 Å². The zero-order chi connectivity index (χ0) is 13.6. The van der Waals surface area contributed by atoms with Crippen molar-refractivity contribution in [3.8, 4) is 0 Å². The Morgan fingerprint density at radius 3 is 2.58 bits per heavy atom. The second-order valence-corrected chi connectivity index (χ2v) is 6.93. The predicted molar refractivity (Wildman–Crippen MR) is 71.2 cm³/mol. The largest absolute Gasteiger partial charge is 0.293 e. The summed E-state index contributed by atoms with van der Waals surface area (Å²) in [5.41, 5.74) is 1.69. The van der Waals surface area contributed by atoms with Crippen LogP contribution in [0, 0.1) is 6.92 Å². The summed E-state index contributed by atoms with van der Waals surface area (Å²) in [5, 5.41) is 0. The third-order valence-corrected chi connectivity index (χ3v) is 5.63. The van der Waals surface area contributed by atoms with Gasteiger partial charge in [0.2, 0.25) is 10.0 Å². The molecular formula is C14H15NO3S. The molecule has 1 saturated heterocycles. The topological polar surface area (TPSA) is 54.5 Å². The first-order valence-electron chi connectivity index (χ1n) is 6.32. The van der Waals surface area contributed by atoms with E-state index in [0.717, 1.165) is 12.0 Å². The molecule has 0 aromatic heterocycles. The minimum Gasteiger partial charge on any atom is -0.293 e. The molecule has 2 aliphatic rings. The Hall–Kier alpha value is -1.46. The summed E-state index contributed by atoms with van der Waals surface area (Å²) in [7, 11) is -3.57. The molecule has 0 radical (unpaired) electrons. The molecule has 1 heterocycles. The molecule has 3 rings (SSSR count). The number of ketones is 1. The molecule has 0 amide bonds. The molecule has 0 spiro atoms. The number of carbonyl (C=O) groups is 1. The van der Waals surface area contributed by atoms with Gasteiger partial charge in [-0.3, -0.25) is 4.79 Å². The zero-order valence-corrected chi connectivity index (χ0v) is 11.5. The van der Waals surface area contributed by atoms with E-state index in [1.54, 1.807) is 24.3 Å². The van der Waals surface area contributed by atoms with Crippen LogP contribution in [0.5, 0.6) is 0 Å². The van der Waals surface area contributed by atoms with Crippen LogP contribution in [0.25, 0.3) is 0 Å². The maximum Gasteiger partial charge on any atom is 0.244 e. The van der Waals surface area contributed by atoms with Gasteiger partial charge >= 0.3 is 0 Å². The summed E-state index contributed by atoms with van der Waals surface area (Å²) in [6.07, 6.45) is 3.37. The normalized spacial score (nSPS) is 23.5. The quantitative estimate of drug-likeness (QED) is 0.826. The molecule has 1 aliphatic carbocycles. The molecule has 1 fully saturated rings. The van der Waals surface area contributed by atoms with E-state index in [0.29, 0.717) is 12.0 Å². The summed E-state index contributed by atoms with van der Waals surface area (Å²) >= 11 is 0. The number of sulfonamides is 1. The van der Waals surface area contributed by atoms with Crippen LogP contribution in [-0.2, 0) is 14.8 Å². The van der Waals surface area contributed by atoms with E-state index in [1.807, 2.05) is 13.0 Å². The van der Waals surface area contributed by atoms with Crippen molar-refractivity contribution in [3.05, 3.63) is 41.5 Å². The number of allylic oxidation sites excluding steroid dienone is 1. The first-order valence-corrected chi connectivity index (χ1v) is 7.76. The van der Waals surface area contributed by atoms with Crippen LogP contribution in [-0.4, -0.2) is 31.1 Å². The Balaban J connectivity index is 2.00. The number of nitrogens with zero attached hydrogens (tertiary/aromatic N) is 1. The third kappa shape index (κ3) is 1.93. The lowest BCUT2D eigenvalue weighted by Gasteiger charge is -2.21. The molecule has 1 unspecified atom stereocenters. The van der Waals surface area contributed by atoms with Crippen LogP contribution in [0.3, 0.4) is 0 Å². The van der Waals surface area contributed by atoms with E-state index in [4.69, 9.17) is 0 Å². The van der Waals surface area contributed by atoms with E-state index in [1.165, 1.54) is 4.31 Å². The SMILES string of the molecule is Cc1ccc(S(=O)(=O)N2CC(=O)C3=CCCC32)cc1. The number of rotatable bonds is 2. The van der Waals surface area contributed by atoms with Gasteiger partial charge in [-0.25, -0.2) is 8.42 Å². The number of Topliss-reactive ketones (excluding diaryl/α,β-unsaturated/α-hetero) is 1. The van der Waals surface area contributed by atoms with Crippen LogP contribution >= 0.6 is 0 Å². The Labute approximate surface area is 112 Å². The number of fused-ring (bicyclic) bond motifs is 1. The van der Waals surface area contributed by atoms with Crippen LogP contribution in [0.15, 0.2) is 40.8 Å².